The summed E-state index contributed by atoms with van der Waals surface area (Å²) in [7, 11) is 0.432. The van der Waals surface area contributed by atoms with Crippen molar-refractivity contribution in [1.82, 2.24) is 0 Å². The summed E-state index contributed by atoms with van der Waals surface area (Å²) in [5.41, 5.74) is 0. The van der Waals surface area contributed by atoms with E-state index in [2.05, 4.69) is 13.8 Å². The quantitative estimate of drug-likeness (QED) is 0.459. The Bertz CT molecular complexity index is 17.2. The summed E-state index contributed by atoms with van der Waals surface area (Å²) in [4.78, 5) is 0. The molecule has 0 saturated heterocycles. The summed E-state index contributed by atoms with van der Waals surface area (Å²) in [6, 6.07) is 2.97. The normalized spacial score (nSPS) is 6.00. The van der Waals surface area contributed by atoms with Gasteiger partial charge in [0.25, 0.3) is 0 Å². The van der Waals surface area contributed by atoms with E-state index < -0.39 is 0 Å². The van der Waals surface area contributed by atoms with E-state index >= 15 is 0 Å². The molecule has 0 fully saturated rings. The van der Waals surface area contributed by atoms with Crippen LogP contribution in [0.3, 0.4) is 0 Å². The zero-order valence-electron chi connectivity index (χ0n) is 4.12. The van der Waals surface area contributed by atoms with E-state index in [0.29, 0.717) is 9.52 Å². The van der Waals surface area contributed by atoms with Crippen molar-refractivity contribution in [1.29, 1.82) is 0 Å². The number of hydrogen-bond donors (Lipinski definition) is 0. The van der Waals surface area contributed by atoms with Gasteiger partial charge in [0.15, 0.2) is 0 Å². The van der Waals surface area contributed by atoms with E-state index in [4.69, 9.17) is 0 Å². The van der Waals surface area contributed by atoms with Gasteiger partial charge in [0, 0.05) is 9.52 Å². The monoisotopic (exact) mass is 136 g/mol. The number of hydrogen-bond acceptors (Lipinski definition) is 0. The molecule has 0 bridgehead atoms. The summed E-state index contributed by atoms with van der Waals surface area (Å²) in [6.07, 6.45) is 0. The minimum absolute atomic E-state index is 0. The van der Waals surface area contributed by atoms with Crippen LogP contribution in [0.25, 0.3) is 0 Å². The summed E-state index contributed by atoms with van der Waals surface area (Å²) in [6.45, 7) is 4.55. The minimum atomic E-state index is 0. The third kappa shape index (κ3) is 17.9. The van der Waals surface area contributed by atoms with Crippen LogP contribution in [-0.2, 0) is 0 Å². The molecule has 0 heterocycles. The van der Waals surface area contributed by atoms with Gasteiger partial charge in [-0.2, -0.15) is 0 Å². The zero-order valence-corrected chi connectivity index (χ0v) is 5.54. The first-order valence-corrected chi connectivity index (χ1v) is 4.41. The third-order valence-corrected chi connectivity index (χ3v) is 2.12. The van der Waals surface area contributed by atoms with Crippen LogP contribution in [0.5, 0.6) is 0 Å². The van der Waals surface area contributed by atoms with Gasteiger partial charge < -0.3 is 0 Å². The molecule has 0 aromatic carbocycles. The molecule has 3 heteroatoms. The molecule has 0 aliphatic carbocycles. The van der Waals surface area contributed by atoms with Crippen molar-refractivity contribution in [3.05, 3.63) is 0 Å². The molecular formula is C4H14Na2Si. The molecule has 0 amide bonds. The van der Waals surface area contributed by atoms with Gasteiger partial charge in [-0.15, -0.1) is 0 Å². The standard InChI is InChI=1S/C4H12Si.2Na.2H/c1-3-5-4-2;;;;/h3-5H2,1-2H3;;;;. The van der Waals surface area contributed by atoms with Gasteiger partial charge >= 0.3 is 59.1 Å². The first-order chi connectivity index (χ1) is 2.41. The third-order valence-electron chi connectivity index (χ3n) is 0.707. The first-order valence-electron chi connectivity index (χ1n) is 2.41. The molecule has 0 N–H and O–H groups in total. The van der Waals surface area contributed by atoms with Crippen LogP contribution in [0.15, 0.2) is 0 Å². The van der Waals surface area contributed by atoms with Gasteiger partial charge in [0.1, 0.15) is 0 Å². The van der Waals surface area contributed by atoms with E-state index in [1.54, 1.807) is 0 Å². The average Bonchev–Trinajstić information content (AvgIpc) is 1.41. The van der Waals surface area contributed by atoms with Crippen LogP contribution < -0.4 is 0 Å². The number of rotatable bonds is 2. The summed E-state index contributed by atoms with van der Waals surface area (Å²) in [5, 5.41) is 0. The topological polar surface area (TPSA) is 0 Å². The molecular weight excluding hydrogens is 122 g/mol. The molecule has 7 heavy (non-hydrogen) atoms. The Morgan fingerprint density at radius 2 is 1.29 bits per heavy atom. The molecule has 0 atom stereocenters. The Morgan fingerprint density at radius 3 is 1.29 bits per heavy atom. The van der Waals surface area contributed by atoms with E-state index in [1.165, 1.54) is 12.1 Å². The van der Waals surface area contributed by atoms with Gasteiger partial charge in [-0.05, 0) is 0 Å². The second-order valence-electron chi connectivity index (χ2n) is 1.35. The van der Waals surface area contributed by atoms with Gasteiger partial charge in [-0.1, -0.05) is 25.9 Å². The fourth-order valence-corrected chi connectivity index (χ4v) is 1.06. The van der Waals surface area contributed by atoms with Gasteiger partial charge in [-0.3, -0.25) is 0 Å². The van der Waals surface area contributed by atoms with E-state index in [-0.39, 0.29) is 59.1 Å². The second-order valence-corrected chi connectivity index (χ2v) is 4.06. The SMILES string of the molecule is CC[SiH2]CC.[NaH].[NaH]. The van der Waals surface area contributed by atoms with Gasteiger partial charge in [-0.25, -0.2) is 0 Å². The van der Waals surface area contributed by atoms with Gasteiger partial charge in [0.2, 0.25) is 0 Å². The van der Waals surface area contributed by atoms with Crippen molar-refractivity contribution in [2.24, 2.45) is 0 Å². The van der Waals surface area contributed by atoms with Crippen LogP contribution in [0.4, 0.5) is 0 Å². The first kappa shape index (κ1) is 16.1. The fraction of sp³-hybridized carbons (Fsp3) is 1.00. The molecule has 36 valence electrons. The van der Waals surface area contributed by atoms with Gasteiger partial charge in [0.05, 0.1) is 0 Å². The summed E-state index contributed by atoms with van der Waals surface area (Å²) >= 11 is 0. The molecule has 0 aromatic rings. The Morgan fingerprint density at radius 1 is 1.00 bits per heavy atom. The molecule has 0 saturated carbocycles. The van der Waals surface area contributed by atoms with Crippen LogP contribution in [-0.4, -0.2) is 68.6 Å². The summed E-state index contributed by atoms with van der Waals surface area (Å²) in [5.74, 6) is 0. The van der Waals surface area contributed by atoms with Crippen LogP contribution >= 0.6 is 0 Å². The van der Waals surface area contributed by atoms with Crippen molar-refractivity contribution in [3.8, 4) is 0 Å². The van der Waals surface area contributed by atoms with Crippen molar-refractivity contribution in [2.75, 3.05) is 0 Å². The Kier molecular flexibility index (Phi) is 36.2. The zero-order chi connectivity index (χ0) is 4.12. The molecule has 0 unspecified atom stereocenters. The molecule has 0 nitrogen and oxygen atoms in total. The molecule has 0 aliphatic heterocycles. The van der Waals surface area contributed by atoms with E-state index in [0.717, 1.165) is 0 Å². The summed E-state index contributed by atoms with van der Waals surface area (Å²) < 4.78 is 0. The van der Waals surface area contributed by atoms with Crippen LogP contribution in [0.2, 0.25) is 12.1 Å². The maximum absolute atomic E-state index is 2.27. The average molecular weight is 136 g/mol. The second kappa shape index (κ2) is 15.7. The fourth-order valence-electron chi connectivity index (χ4n) is 0.354. The Balaban J connectivity index is -0.0000000800. The van der Waals surface area contributed by atoms with Crippen LogP contribution in [0, 0.1) is 0 Å². The molecule has 0 spiro atoms. The molecule has 0 rings (SSSR count). The van der Waals surface area contributed by atoms with Crippen LogP contribution in [0.1, 0.15) is 13.8 Å². The Hall–Kier alpha value is 2.22. The van der Waals surface area contributed by atoms with Crippen molar-refractivity contribution < 1.29 is 0 Å². The van der Waals surface area contributed by atoms with Crippen molar-refractivity contribution in [3.63, 3.8) is 0 Å². The predicted octanol–water partition coefficient (Wildman–Crippen LogP) is -0.265. The molecule has 0 aliphatic rings. The maximum atomic E-state index is 2.27. The Labute approximate surface area is 93.2 Å². The molecule has 0 aromatic heterocycles. The predicted molar refractivity (Wildman–Crippen MR) is 43.8 cm³/mol. The van der Waals surface area contributed by atoms with Crippen molar-refractivity contribution in [2.45, 2.75) is 25.9 Å². The van der Waals surface area contributed by atoms with E-state index in [9.17, 15) is 0 Å². The van der Waals surface area contributed by atoms with E-state index in [1.807, 2.05) is 0 Å². The molecule has 0 radical (unpaired) electrons. The van der Waals surface area contributed by atoms with Crippen molar-refractivity contribution >= 4 is 68.6 Å².